The highest BCUT2D eigenvalue weighted by Crippen LogP contribution is 2.31. The Morgan fingerprint density at radius 2 is 2.05 bits per heavy atom. The minimum atomic E-state index is -0.716. The van der Waals surface area contributed by atoms with E-state index in [0.717, 1.165) is 6.07 Å². The third kappa shape index (κ3) is 3.13. The summed E-state index contributed by atoms with van der Waals surface area (Å²) in [5, 5.41) is 30.2. The van der Waals surface area contributed by atoms with Gasteiger partial charge in [0, 0.05) is 19.2 Å². The van der Waals surface area contributed by atoms with E-state index in [2.05, 4.69) is 0 Å². The molecule has 0 aliphatic carbocycles. The molecule has 1 fully saturated rings. The molecule has 7 nitrogen and oxygen atoms in total. The average Bonchev–Trinajstić information content (AvgIpc) is 2.46. The van der Waals surface area contributed by atoms with Crippen LogP contribution in [0.25, 0.3) is 0 Å². The Balaban J connectivity index is 2.15. The molecular formula is C14H18N2O5. The van der Waals surface area contributed by atoms with Gasteiger partial charge in [0.1, 0.15) is 0 Å². The monoisotopic (exact) mass is 294 g/mol. The summed E-state index contributed by atoms with van der Waals surface area (Å²) in [6.45, 7) is 2.67. The second-order valence-corrected chi connectivity index (χ2v) is 5.30. The van der Waals surface area contributed by atoms with Crippen molar-refractivity contribution >= 4 is 11.6 Å². The van der Waals surface area contributed by atoms with Gasteiger partial charge in [-0.25, -0.2) is 0 Å². The van der Waals surface area contributed by atoms with Gasteiger partial charge in [-0.3, -0.25) is 14.9 Å². The van der Waals surface area contributed by atoms with Crippen LogP contribution in [0.5, 0.6) is 5.75 Å². The van der Waals surface area contributed by atoms with Gasteiger partial charge in [0.25, 0.3) is 5.91 Å². The Hall–Kier alpha value is -2.15. The molecule has 1 amide bonds. The molecule has 0 radical (unpaired) electrons. The Morgan fingerprint density at radius 3 is 2.57 bits per heavy atom. The Labute approximate surface area is 122 Å². The maximum absolute atomic E-state index is 12.4. The quantitative estimate of drug-likeness (QED) is 0.650. The van der Waals surface area contributed by atoms with Crippen LogP contribution in [0.15, 0.2) is 18.2 Å². The van der Waals surface area contributed by atoms with Crippen molar-refractivity contribution < 1.29 is 19.9 Å². The molecular weight excluding hydrogens is 276 g/mol. The number of benzene rings is 1. The predicted octanol–water partition coefficient (Wildman–Crippen LogP) is 1.53. The van der Waals surface area contributed by atoms with Crippen molar-refractivity contribution in [2.75, 3.05) is 13.1 Å². The maximum atomic E-state index is 12.4. The fourth-order valence-corrected chi connectivity index (χ4v) is 2.61. The van der Waals surface area contributed by atoms with Crippen LogP contribution in [-0.2, 0) is 0 Å². The van der Waals surface area contributed by atoms with Gasteiger partial charge in [-0.15, -0.1) is 0 Å². The summed E-state index contributed by atoms with van der Waals surface area (Å²) in [5.74, 6) is -0.849. The number of aliphatic hydroxyl groups excluding tert-OH is 1. The third-order valence-electron chi connectivity index (χ3n) is 3.95. The third-order valence-corrected chi connectivity index (χ3v) is 3.95. The topological polar surface area (TPSA) is 104 Å². The number of hydrogen-bond donors (Lipinski definition) is 2. The summed E-state index contributed by atoms with van der Waals surface area (Å²) >= 11 is 0. The van der Waals surface area contributed by atoms with E-state index >= 15 is 0 Å². The van der Waals surface area contributed by atoms with Crippen LogP contribution in [0, 0.1) is 16.0 Å². The number of para-hydroxylation sites is 1. The number of carbonyl (C=O) groups excluding carboxylic acids is 1. The van der Waals surface area contributed by atoms with Crippen LogP contribution in [0.1, 0.15) is 30.1 Å². The first kappa shape index (κ1) is 15.2. The van der Waals surface area contributed by atoms with E-state index in [0.29, 0.717) is 25.9 Å². The van der Waals surface area contributed by atoms with Gasteiger partial charge in [-0.05, 0) is 31.7 Å². The minimum absolute atomic E-state index is 0.0558. The highest BCUT2D eigenvalue weighted by molar-refractivity contribution is 5.98. The van der Waals surface area contributed by atoms with E-state index in [1.54, 1.807) is 11.8 Å². The lowest BCUT2D eigenvalue weighted by atomic mass is 9.92. The van der Waals surface area contributed by atoms with Crippen LogP contribution < -0.4 is 0 Å². The largest absolute Gasteiger partial charge is 0.502 e. The summed E-state index contributed by atoms with van der Waals surface area (Å²) < 4.78 is 0. The fraction of sp³-hybridized carbons (Fsp3) is 0.500. The zero-order valence-corrected chi connectivity index (χ0v) is 11.7. The molecule has 0 bridgehead atoms. The van der Waals surface area contributed by atoms with Gasteiger partial charge in [0.2, 0.25) is 5.75 Å². The fourth-order valence-electron chi connectivity index (χ4n) is 2.61. The summed E-state index contributed by atoms with van der Waals surface area (Å²) in [6, 6.07) is 3.92. The lowest BCUT2D eigenvalue weighted by Crippen LogP contribution is -2.40. The van der Waals surface area contributed by atoms with E-state index in [-0.39, 0.29) is 11.5 Å². The second kappa shape index (κ2) is 6.09. The molecule has 2 rings (SSSR count). The molecule has 21 heavy (non-hydrogen) atoms. The first-order chi connectivity index (χ1) is 9.91. The normalized spacial score (nSPS) is 17.5. The standard InChI is InChI=1S/C14H18N2O5/c1-9(17)10-5-7-15(8-6-10)14(19)11-3-2-4-12(13(11)18)16(20)21/h2-4,9-10,17-18H,5-8H2,1H3. The van der Waals surface area contributed by atoms with Gasteiger partial charge < -0.3 is 15.1 Å². The molecule has 1 aliphatic heterocycles. The molecule has 1 aliphatic rings. The molecule has 2 N–H and O–H groups in total. The number of aromatic hydroxyl groups is 1. The number of nitrogens with zero attached hydrogens (tertiary/aromatic N) is 2. The summed E-state index contributed by atoms with van der Waals surface area (Å²) in [6.07, 6.45) is 0.950. The number of amides is 1. The molecule has 1 atom stereocenters. The minimum Gasteiger partial charge on any atom is -0.502 e. The van der Waals surface area contributed by atoms with Crippen LogP contribution in [0.3, 0.4) is 0 Å². The van der Waals surface area contributed by atoms with Crippen LogP contribution in [0.2, 0.25) is 0 Å². The van der Waals surface area contributed by atoms with E-state index in [9.17, 15) is 25.1 Å². The lowest BCUT2D eigenvalue weighted by molar-refractivity contribution is -0.385. The van der Waals surface area contributed by atoms with Crippen molar-refractivity contribution in [3.05, 3.63) is 33.9 Å². The number of carbonyl (C=O) groups is 1. The molecule has 0 saturated carbocycles. The lowest BCUT2D eigenvalue weighted by Gasteiger charge is -2.33. The zero-order valence-electron chi connectivity index (χ0n) is 11.7. The van der Waals surface area contributed by atoms with Gasteiger partial charge in [0.15, 0.2) is 0 Å². The average molecular weight is 294 g/mol. The van der Waals surface area contributed by atoms with Gasteiger partial charge in [-0.1, -0.05) is 6.07 Å². The number of aliphatic hydroxyl groups is 1. The van der Waals surface area contributed by atoms with Crippen LogP contribution in [-0.4, -0.2) is 45.1 Å². The van der Waals surface area contributed by atoms with Crippen molar-refractivity contribution in [1.29, 1.82) is 0 Å². The number of phenolic OH excluding ortho intramolecular Hbond substituents is 1. The summed E-state index contributed by atoms with van der Waals surface area (Å²) in [7, 11) is 0. The van der Waals surface area contributed by atoms with Gasteiger partial charge in [-0.2, -0.15) is 0 Å². The molecule has 1 heterocycles. The highest BCUT2D eigenvalue weighted by atomic mass is 16.6. The van der Waals surface area contributed by atoms with E-state index in [4.69, 9.17) is 0 Å². The molecule has 7 heteroatoms. The second-order valence-electron chi connectivity index (χ2n) is 5.30. The molecule has 1 saturated heterocycles. The Bertz CT molecular complexity index is 550. The van der Waals surface area contributed by atoms with Crippen molar-refractivity contribution in [1.82, 2.24) is 4.90 Å². The SMILES string of the molecule is CC(O)C1CCN(C(=O)c2cccc([N+](=O)[O-])c2O)CC1. The molecule has 0 aromatic heterocycles. The molecule has 114 valence electrons. The van der Waals surface area contributed by atoms with Crippen molar-refractivity contribution in [3.63, 3.8) is 0 Å². The van der Waals surface area contributed by atoms with Crippen molar-refractivity contribution in [2.24, 2.45) is 5.92 Å². The number of nitro benzene ring substituents is 1. The Morgan fingerprint density at radius 1 is 1.43 bits per heavy atom. The molecule has 1 aromatic rings. The van der Waals surface area contributed by atoms with E-state index in [1.807, 2.05) is 0 Å². The number of nitro groups is 1. The number of rotatable bonds is 3. The van der Waals surface area contributed by atoms with E-state index < -0.39 is 28.4 Å². The van der Waals surface area contributed by atoms with Gasteiger partial charge >= 0.3 is 5.69 Å². The highest BCUT2D eigenvalue weighted by Gasteiger charge is 2.29. The molecule has 1 aromatic carbocycles. The Kier molecular flexibility index (Phi) is 4.42. The van der Waals surface area contributed by atoms with Crippen molar-refractivity contribution in [3.8, 4) is 5.75 Å². The number of likely N-dealkylation sites (tertiary alicyclic amines) is 1. The predicted molar refractivity (Wildman–Crippen MR) is 75.1 cm³/mol. The van der Waals surface area contributed by atoms with Gasteiger partial charge in [0.05, 0.1) is 16.6 Å². The number of piperidine rings is 1. The smallest absolute Gasteiger partial charge is 0.311 e. The number of hydrogen-bond acceptors (Lipinski definition) is 5. The molecule has 1 unspecified atom stereocenters. The van der Waals surface area contributed by atoms with Crippen LogP contribution >= 0.6 is 0 Å². The summed E-state index contributed by atoms with van der Waals surface area (Å²) in [4.78, 5) is 24.0. The summed E-state index contributed by atoms with van der Waals surface area (Å²) in [5.41, 5.74) is -0.528. The zero-order chi connectivity index (χ0) is 15.6. The number of phenols is 1. The first-order valence-electron chi connectivity index (χ1n) is 6.85. The van der Waals surface area contributed by atoms with Crippen molar-refractivity contribution in [2.45, 2.75) is 25.9 Å². The van der Waals surface area contributed by atoms with E-state index in [1.165, 1.54) is 12.1 Å². The maximum Gasteiger partial charge on any atom is 0.311 e. The first-order valence-corrected chi connectivity index (χ1v) is 6.85. The van der Waals surface area contributed by atoms with Crippen LogP contribution in [0.4, 0.5) is 5.69 Å². The molecule has 0 spiro atoms.